The van der Waals surface area contributed by atoms with E-state index >= 15 is 0 Å². The molecule has 1 aromatic heterocycles. The van der Waals surface area contributed by atoms with Crippen LogP contribution in [0.5, 0.6) is 0 Å². The minimum atomic E-state index is -1.15. The van der Waals surface area contributed by atoms with Crippen LogP contribution in [-0.2, 0) is 39.9 Å². The summed E-state index contributed by atoms with van der Waals surface area (Å²) < 4.78 is 22.5. The first-order chi connectivity index (χ1) is 11.8. The van der Waals surface area contributed by atoms with Gasteiger partial charge in [0, 0.05) is 20.8 Å². The molecule has 0 aromatic carbocycles. The van der Waals surface area contributed by atoms with Crippen molar-refractivity contribution in [2.24, 2.45) is 5.73 Å². The van der Waals surface area contributed by atoms with Crippen LogP contribution in [-0.4, -0.2) is 63.0 Å². The lowest BCUT2D eigenvalue weighted by atomic mass is 10.0. The first-order valence-corrected chi connectivity index (χ1v) is 7.43. The summed E-state index contributed by atoms with van der Waals surface area (Å²) in [4.78, 5) is 34.3. The molecule has 0 bridgehead atoms. The Morgan fingerprint density at radius 1 is 1.12 bits per heavy atom. The largest absolute Gasteiger partial charge is 0.456 e. The summed E-state index contributed by atoms with van der Waals surface area (Å²) >= 11 is 0. The average molecular weight is 357 g/mol. The highest BCUT2D eigenvalue weighted by Gasteiger charge is 2.48. The van der Waals surface area contributed by atoms with Crippen molar-refractivity contribution in [2.75, 3.05) is 6.61 Å². The molecule has 12 nitrogen and oxygen atoms in total. The van der Waals surface area contributed by atoms with Gasteiger partial charge in [0.15, 0.2) is 30.4 Å². The van der Waals surface area contributed by atoms with Gasteiger partial charge in [0.2, 0.25) is 0 Å². The number of aromatic nitrogens is 4. The number of hydrogen-bond acceptors (Lipinski definition) is 11. The molecule has 0 amide bonds. The highest BCUT2D eigenvalue weighted by atomic mass is 16.6. The van der Waals surface area contributed by atoms with Gasteiger partial charge in [-0.25, -0.2) is 0 Å². The van der Waals surface area contributed by atoms with Crippen LogP contribution in [0.4, 0.5) is 0 Å². The molecule has 0 spiro atoms. The smallest absolute Gasteiger partial charge is 0.303 e. The summed E-state index contributed by atoms with van der Waals surface area (Å²) in [6, 6.07) is 0. The fourth-order valence-electron chi connectivity index (χ4n) is 2.48. The topological polar surface area (TPSA) is 158 Å². The Bertz CT molecular complexity index is 648. The van der Waals surface area contributed by atoms with Gasteiger partial charge in [-0.2, -0.15) is 4.68 Å². The molecule has 0 saturated carbocycles. The number of carbonyl (C=O) groups excluding carboxylic acids is 3. The number of tetrazole rings is 1. The Hall–Kier alpha value is -2.60. The van der Waals surface area contributed by atoms with Crippen LogP contribution < -0.4 is 5.73 Å². The van der Waals surface area contributed by atoms with Crippen molar-refractivity contribution in [3.63, 3.8) is 0 Å². The monoisotopic (exact) mass is 357 g/mol. The van der Waals surface area contributed by atoms with E-state index in [0.717, 1.165) is 0 Å². The highest BCUT2D eigenvalue weighted by Crippen LogP contribution is 2.30. The second-order valence-corrected chi connectivity index (χ2v) is 5.26. The third kappa shape index (κ3) is 4.48. The Kier molecular flexibility index (Phi) is 5.98. The molecule has 1 saturated heterocycles. The fourth-order valence-corrected chi connectivity index (χ4v) is 2.48. The van der Waals surface area contributed by atoms with E-state index in [-0.39, 0.29) is 19.0 Å². The third-order valence-electron chi connectivity index (χ3n) is 3.31. The van der Waals surface area contributed by atoms with Crippen molar-refractivity contribution in [2.45, 2.75) is 51.9 Å². The lowest BCUT2D eigenvalue weighted by Crippen LogP contribution is -2.55. The molecule has 0 aliphatic carbocycles. The number of esters is 3. The molecule has 0 unspecified atom stereocenters. The van der Waals surface area contributed by atoms with Crippen molar-refractivity contribution in [3.8, 4) is 0 Å². The third-order valence-corrected chi connectivity index (χ3v) is 3.31. The molecule has 138 valence electrons. The van der Waals surface area contributed by atoms with Crippen LogP contribution in [0.1, 0.15) is 32.8 Å². The first kappa shape index (κ1) is 18.7. The van der Waals surface area contributed by atoms with Gasteiger partial charge in [0.05, 0.1) is 13.2 Å². The number of nitrogens with two attached hydrogens (primary N) is 1. The van der Waals surface area contributed by atoms with Crippen LogP contribution in [0.2, 0.25) is 0 Å². The summed E-state index contributed by atoms with van der Waals surface area (Å²) in [6.45, 7) is 3.45. The molecule has 12 heteroatoms. The van der Waals surface area contributed by atoms with E-state index in [0.29, 0.717) is 0 Å². The van der Waals surface area contributed by atoms with Gasteiger partial charge >= 0.3 is 17.9 Å². The molecular weight excluding hydrogens is 338 g/mol. The Morgan fingerprint density at radius 3 is 2.28 bits per heavy atom. The molecule has 1 aromatic rings. The standard InChI is InChI=1S/C13H19N5O7/c1-6(19)23-9-5-22-13(18-10(4-14)15-16-17-18)12(25-8(3)21)11(9)24-7(2)20/h9,11-13H,4-5,14H2,1-3H3/t9-,11-,12+,13-/m1/s1. The zero-order valence-corrected chi connectivity index (χ0v) is 13.9. The zero-order chi connectivity index (χ0) is 18.6. The van der Waals surface area contributed by atoms with Crippen LogP contribution in [0.15, 0.2) is 0 Å². The number of rotatable bonds is 5. The summed E-state index contributed by atoms with van der Waals surface area (Å²) in [5, 5.41) is 11.0. The maximum atomic E-state index is 11.5. The van der Waals surface area contributed by atoms with Gasteiger partial charge < -0.3 is 24.7 Å². The van der Waals surface area contributed by atoms with Crippen LogP contribution >= 0.6 is 0 Å². The normalized spacial score (nSPS) is 25.9. The van der Waals surface area contributed by atoms with E-state index in [1.165, 1.54) is 25.5 Å². The summed E-state index contributed by atoms with van der Waals surface area (Å²) in [5.74, 6) is -1.62. The lowest BCUT2D eigenvalue weighted by Gasteiger charge is -2.40. The van der Waals surface area contributed by atoms with E-state index in [9.17, 15) is 14.4 Å². The van der Waals surface area contributed by atoms with Crippen molar-refractivity contribution < 1.29 is 33.3 Å². The van der Waals surface area contributed by atoms with E-state index in [1.54, 1.807) is 0 Å². The van der Waals surface area contributed by atoms with Gasteiger partial charge in [-0.05, 0) is 10.4 Å². The van der Waals surface area contributed by atoms with Crippen LogP contribution in [0, 0.1) is 0 Å². The van der Waals surface area contributed by atoms with Crippen molar-refractivity contribution in [1.29, 1.82) is 0 Å². The minimum absolute atomic E-state index is 0.00522. The number of ether oxygens (including phenoxy) is 4. The Labute approximate surface area is 142 Å². The number of carbonyl (C=O) groups is 3. The average Bonchev–Trinajstić information content (AvgIpc) is 2.97. The predicted octanol–water partition coefficient (Wildman–Crippen LogP) is -1.54. The van der Waals surface area contributed by atoms with E-state index in [4.69, 9.17) is 24.7 Å². The van der Waals surface area contributed by atoms with Gasteiger partial charge in [0.1, 0.15) is 0 Å². The van der Waals surface area contributed by atoms with Gasteiger partial charge in [0.25, 0.3) is 0 Å². The molecule has 1 fully saturated rings. The first-order valence-electron chi connectivity index (χ1n) is 7.43. The lowest BCUT2D eigenvalue weighted by molar-refractivity contribution is -0.242. The van der Waals surface area contributed by atoms with Gasteiger partial charge in [-0.1, -0.05) is 0 Å². The molecule has 0 radical (unpaired) electrons. The molecule has 2 rings (SSSR count). The predicted molar refractivity (Wildman–Crippen MR) is 77.4 cm³/mol. The van der Waals surface area contributed by atoms with Crippen molar-refractivity contribution >= 4 is 17.9 Å². The van der Waals surface area contributed by atoms with Crippen LogP contribution in [0.25, 0.3) is 0 Å². The second kappa shape index (κ2) is 7.98. The zero-order valence-electron chi connectivity index (χ0n) is 13.9. The molecule has 1 aliphatic rings. The van der Waals surface area contributed by atoms with Crippen molar-refractivity contribution in [1.82, 2.24) is 20.2 Å². The Balaban J connectivity index is 2.38. The molecule has 4 atom stereocenters. The highest BCUT2D eigenvalue weighted by molar-refractivity contribution is 5.68. The Morgan fingerprint density at radius 2 is 1.72 bits per heavy atom. The summed E-state index contributed by atoms with van der Waals surface area (Å²) in [5.41, 5.74) is 5.58. The summed E-state index contributed by atoms with van der Waals surface area (Å²) in [7, 11) is 0. The van der Waals surface area contributed by atoms with E-state index in [2.05, 4.69) is 15.5 Å². The molecule has 2 N–H and O–H groups in total. The second-order valence-electron chi connectivity index (χ2n) is 5.26. The van der Waals surface area contributed by atoms with Gasteiger partial charge in [-0.3, -0.25) is 14.4 Å². The molecular formula is C13H19N5O7. The SMILES string of the molecule is CC(=O)O[C@H]1[C@H](OC(C)=O)[C@H](OC(C)=O)CO[C@H]1n1nnnc1CN. The molecule has 2 heterocycles. The van der Waals surface area contributed by atoms with E-state index in [1.807, 2.05) is 0 Å². The quantitative estimate of drug-likeness (QED) is 0.480. The van der Waals surface area contributed by atoms with Crippen molar-refractivity contribution in [3.05, 3.63) is 5.82 Å². The summed E-state index contributed by atoms with van der Waals surface area (Å²) in [6.07, 6.45) is -4.21. The molecule has 1 aliphatic heterocycles. The fraction of sp³-hybridized carbons (Fsp3) is 0.692. The maximum Gasteiger partial charge on any atom is 0.303 e. The number of nitrogens with zero attached hydrogens (tertiary/aromatic N) is 4. The number of hydrogen-bond donors (Lipinski definition) is 1. The maximum absolute atomic E-state index is 11.5. The van der Waals surface area contributed by atoms with E-state index < -0.39 is 42.4 Å². The minimum Gasteiger partial charge on any atom is -0.456 e. The van der Waals surface area contributed by atoms with Gasteiger partial charge in [-0.15, -0.1) is 5.10 Å². The van der Waals surface area contributed by atoms with Crippen LogP contribution in [0.3, 0.4) is 0 Å². The molecule has 25 heavy (non-hydrogen) atoms.